The van der Waals surface area contributed by atoms with Gasteiger partial charge in [-0.05, 0) is 5.56 Å². The van der Waals surface area contributed by atoms with Crippen LogP contribution in [0.3, 0.4) is 0 Å². The van der Waals surface area contributed by atoms with Crippen LogP contribution in [-0.4, -0.2) is 22.1 Å². The molecule has 0 aliphatic heterocycles. The molecule has 2 aromatic rings. The normalized spacial score (nSPS) is 10.0. The van der Waals surface area contributed by atoms with E-state index in [4.69, 9.17) is 10.5 Å². The first-order chi connectivity index (χ1) is 8.68. The highest BCUT2D eigenvalue weighted by atomic mass is 16.5. The summed E-state index contributed by atoms with van der Waals surface area (Å²) in [5.74, 6) is -1.39. The minimum atomic E-state index is -0.751. The fourth-order valence-corrected chi connectivity index (χ4v) is 1.43. The van der Waals surface area contributed by atoms with Crippen LogP contribution >= 0.6 is 0 Å². The summed E-state index contributed by atoms with van der Waals surface area (Å²) < 4.78 is 5.06. The SMILES string of the molecule is NC(=O)c1[nH]ncc1C(=O)OCc1ccccc1. The zero-order valence-electron chi connectivity index (χ0n) is 9.42. The van der Waals surface area contributed by atoms with Crippen LogP contribution in [0.15, 0.2) is 36.5 Å². The number of nitrogens with zero attached hydrogens (tertiary/aromatic N) is 1. The summed E-state index contributed by atoms with van der Waals surface area (Å²) in [6.45, 7) is 0.128. The number of H-pyrrole nitrogens is 1. The quantitative estimate of drug-likeness (QED) is 0.780. The second-order valence-electron chi connectivity index (χ2n) is 3.58. The topological polar surface area (TPSA) is 98.1 Å². The van der Waals surface area contributed by atoms with Gasteiger partial charge in [-0.25, -0.2) is 4.79 Å². The van der Waals surface area contributed by atoms with Gasteiger partial charge < -0.3 is 10.5 Å². The van der Waals surface area contributed by atoms with Crippen LogP contribution in [0.1, 0.15) is 26.4 Å². The van der Waals surface area contributed by atoms with Gasteiger partial charge in [-0.15, -0.1) is 0 Å². The third kappa shape index (κ3) is 2.54. The summed E-state index contributed by atoms with van der Waals surface area (Å²) in [6, 6.07) is 9.22. The number of nitrogens with two attached hydrogens (primary N) is 1. The van der Waals surface area contributed by atoms with E-state index in [1.165, 1.54) is 6.20 Å². The molecule has 92 valence electrons. The molecule has 18 heavy (non-hydrogen) atoms. The zero-order chi connectivity index (χ0) is 13.0. The van der Waals surface area contributed by atoms with Crippen molar-refractivity contribution in [2.75, 3.05) is 0 Å². The van der Waals surface area contributed by atoms with E-state index in [2.05, 4.69) is 10.2 Å². The lowest BCUT2D eigenvalue weighted by molar-refractivity contribution is 0.0470. The van der Waals surface area contributed by atoms with Crippen LogP contribution in [0.4, 0.5) is 0 Å². The van der Waals surface area contributed by atoms with Crippen LogP contribution < -0.4 is 5.73 Å². The minimum absolute atomic E-state index is 0.0402. The number of primary amides is 1. The predicted molar refractivity (Wildman–Crippen MR) is 62.7 cm³/mol. The summed E-state index contributed by atoms with van der Waals surface area (Å²) >= 11 is 0. The maximum atomic E-state index is 11.7. The highest BCUT2D eigenvalue weighted by Crippen LogP contribution is 2.08. The van der Waals surface area contributed by atoms with Crippen molar-refractivity contribution in [3.05, 3.63) is 53.3 Å². The van der Waals surface area contributed by atoms with Gasteiger partial charge >= 0.3 is 5.97 Å². The fourth-order valence-electron chi connectivity index (χ4n) is 1.43. The molecule has 2 rings (SSSR count). The number of hydrogen-bond donors (Lipinski definition) is 2. The molecule has 0 saturated heterocycles. The highest BCUT2D eigenvalue weighted by Gasteiger charge is 2.18. The van der Waals surface area contributed by atoms with Crippen LogP contribution in [0.2, 0.25) is 0 Å². The molecule has 0 unspecified atom stereocenters. The fraction of sp³-hybridized carbons (Fsp3) is 0.0833. The van der Waals surface area contributed by atoms with Crippen molar-refractivity contribution in [1.82, 2.24) is 10.2 Å². The van der Waals surface area contributed by atoms with Crippen molar-refractivity contribution in [2.24, 2.45) is 5.73 Å². The van der Waals surface area contributed by atoms with E-state index >= 15 is 0 Å². The van der Waals surface area contributed by atoms with Gasteiger partial charge in [0.2, 0.25) is 0 Å². The standard InChI is InChI=1S/C12H11N3O3/c13-11(16)10-9(6-14-15-10)12(17)18-7-8-4-2-1-3-5-8/h1-6H,7H2,(H2,13,16)(H,14,15). The second kappa shape index (κ2) is 5.13. The van der Waals surface area contributed by atoms with E-state index < -0.39 is 11.9 Å². The lowest BCUT2D eigenvalue weighted by Crippen LogP contribution is -2.17. The van der Waals surface area contributed by atoms with E-state index in [-0.39, 0.29) is 17.9 Å². The van der Waals surface area contributed by atoms with Gasteiger partial charge in [-0.1, -0.05) is 30.3 Å². The van der Waals surface area contributed by atoms with Crippen LogP contribution in [0, 0.1) is 0 Å². The predicted octanol–water partition coefficient (Wildman–Crippen LogP) is 0.866. The number of esters is 1. The molecular weight excluding hydrogens is 234 g/mol. The van der Waals surface area contributed by atoms with Gasteiger partial charge in [0.15, 0.2) is 0 Å². The van der Waals surface area contributed by atoms with Crippen molar-refractivity contribution in [3.8, 4) is 0 Å². The number of nitrogens with one attached hydrogen (secondary N) is 1. The summed E-state index contributed by atoms with van der Waals surface area (Å²) in [4.78, 5) is 22.7. The Morgan fingerprint density at radius 1 is 1.28 bits per heavy atom. The molecule has 0 atom stereocenters. The van der Waals surface area contributed by atoms with Crippen molar-refractivity contribution < 1.29 is 14.3 Å². The van der Waals surface area contributed by atoms with E-state index in [1.807, 2.05) is 30.3 Å². The molecule has 0 aliphatic carbocycles. The van der Waals surface area contributed by atoms with E-state index in [9.17, 15) is 9.59 Å². The molecule has 0 bridgehead atoms. The molecule has 0 fully saturated rings. The molecule has 0 spiro atoms. The van der Waals surface area contributed by atoms with Crippen molar-refractivity contribution in [3.63, 3.8) is 0 Å². The number of carbonyl (C=O) groups excluding carboxylic acids is 2. The summed E-state index contributed by atoms with van der Waals surface area (Å²) in [6.07, 6.45) is 1.22. The largest absolute Gasteiger partial charge is 0.457 e. The Bertz CT molecular complexity index is 563. The summed E-state index contributed by atoms with van der Waals surface area (Å²) in [5.41, 5.74) is 5.93. The molecular formula is C12H11N3O3. The number of carbonyl (C=O) groups is 2. The smallest absolute Gasteiger partial charge is 0.342 e. The maximum Gasteiger partial charge on any atom is 0.342 e. The number of ether oxygens (including phenoxy) is 1. The molecule has 1 aromatic carbocycles. The van der Waals surface area contributed by atoms with Crippen LogP contribution in [-0.2, 0) is 11.3 Å². The molecule has 1 amide bonds. The first kappa shape index (κ1) is 11.8. The number of amides is 1. The van der Waals surface area contributed by atoms with Crippen molar-refractivity contribution in [1.29, 1.82) is 0 Å². The molecule has 1 aromatic heterocycles. The van der Waals surface area contributed by atoms with Crippen molar-refractivity contribution in [2.45, 2.75) is 6.61 Å². The maximum absolute atomic E-state index is 11.7. The Morgan fingerprint density at radius 2 is 2.00 bits per heavy atom. The van der Waals surface area contributed by atoms with E-state index in [0.717, 1.165) is 5.56 Å². The van der Waals surface area contributed by atoms with Gasteiger partial charge in [0.25, 0.3) is 5.91 Å². The molecule has 6 heteroatoms. The van der Waals surface area contributed by atoms with E-state index in [0.29, 0.717) is 0 Å². The van der Waals surface area contributed by atoms with E-state index in [1.54, 1.807) is 0 Å². The Balaban J connectivity index is 2.04. The first-order valence-electron chi connectivity index (χ1n) is 5.22. The Labute approximate surface area is 103 Å². The minimum Gasteiger partial charge on any atom is -0.457 e. The molecule has 3 N–H and O–H groups in total. The first-order valence-corrected chi connectivity index (χ1v) is 5.22. The number of benzene rings is 1. The Kier molecular flexibility index (Phi) is 3.38. The number of hydrogen-bond acceptors (Lipinski definition) is 4. The highest BCUT2D eigenvalue weighted by molar-refractivity contribution is 6.03. The number of aromatic amines is 1. The van der Waals surface area contributed by atoms with Crippen molar-refractivity contribution >= 4 is 11.9 Å². The lowest BCUT2D eigenvalue weighted by atomic mass is 10.2. The summed E-state index contributed by atoms with van der Waals surface area (Å²) in [7, 11) is 0. The number of rotatable bonds is 4. The number of aromatic nitrogens is 2. The molecule has 1 heterocycles. The third-order valence-corrected chi connectivity index (χ3v) is 2.32. The van der Waals surface area contributed by atoms with Gasteiger partial charge in [-0.2, -0.15) is 5.10 Å². The molecule has 0 aliphatic rings. The van der Waals surface area contributed by atoms with Gasteiger partial charge in [0, 0.05) is 0 Å². The Morgan fingerprint density at radius 3 is 2.67 bits per heavy atom. The third-order valence-electron chi connectivity index (χ3n) is 2.32. The second-order valence-corrected chi connectivity index (χ2v) is 3.58. The Hall–Kier alpha value is -2.63. The molecule has 6 nitrogen and oxygen atoms in total. The monoisotopic (exact) mass is 245 g/mol. The zero-order valence-corrected chi connectivity index (χ0v) is 9.42. The average Bonchev–Trinajstić information content (AvgIpc) is 2.86. The molecule has 0 radical (unpaired) electrons. The average molecular weight is 245 g/mol. The van der Waals surface area contributed by atoms with Gasteiger partial charge in [0.05, 0.1) is 6.20 Å². The van der Waals surface area contributed by atoms with Gasteiger partial charge in [0.1, 0.15) is 17.9 Å². The van der Waals surface area contributed by atoms with Crippen LogP contribution in [0.5, 0.6) is 0 Å². The lowest BCUT2D eigenvalue weighted by Gasteiger charge is -2.03. The molecule has 0 saturated carbocycles. The van der Waals surface area contributed by atoms with Crippen LogP contribution in [0.25, 0.3) is 0 Å². The summed E-state index contributed by atoms with van der Waals surface area (Å²) in [5, 5.41) is 5.95. The van der Waals surface area contributed by atoms with Gasteiger partial charge in [-0.3, -0.25) is 9.89 Å².